The van der Waals surface area contributed by atoms with Gasteiger partial charge in [0.05, 0.1) is 37.3 Å². The number of guanidine groups is 1. The Hall–Kier alpha value is -2.28. The van der Waals surface area contributed by atoms with Crippen LogP contribution in [0.2, 0.25) is 0 Å². The van der Waals surface area contributed by atoms with Crippen molar-refractivity contribution in [2.75, 3.05) is 52.4 Å². The van der Waals surface area contributed by atoms with Gasteiger partial charge in [0.25, 0.3) is 0 Å². The van der Waals surface area contributed by atoms with Gasteiger partial charge in [0, 0.05) is 27.2 Å². The molecule has 1 fully saturated rings. The van der Waals surface area contributed by atoms with Crippen molar-refractivity contribution in [3.63, 3.8) is 0 Å². The van der Waals surface area contributed by atoms with Crippen molar-refractivity contribution in [1.82, 2.24) is 4.90 Å². The molecule has 0 saturated carbocycles. The van der Waals surface area contributed by atoms with Crippen molar-refractivity contribution in [2.45, 2.75) is 0 Å². The molecule has 1 heterocycles. The van der Waals surface area contributed by atoms with Gasteiger partial charge in [0.15, 0.2) is 5.96 Å². The Balaban J connectivity index is 2.42. The van der Waals surface area contributed by atoms with E-state index in [0.717, 1.165) is 18.8 Å². The van der Waals surface area contributed by atoms with E-state index in [4.69, 9.17) is 15.2 Å². The van der Waals surface area contributed by atoms with Crippen molar-refractivity contribution in [3.8, 4) is 0 Å². The molecule has 0 aliphatic carbocycles. The van der Waals surface area contributed by atoms with E-state index in [9.17, 15) is 4.79 Å². The number of carbonyl (C=O) groups excluding carboxylic acids is 1. The van der Waals surface area contributed by atoms with E-state index in [1.807, 2.05) is 20.2 Å². The molecule has 0 spiro atoms. The monoisotopic (exact) mass is 306 g/mol. The van der Waals surface area contributed by atoms with Crippen LogP contribution < -0.4 is 10.6 Å². The highest BCUT2D eigenvalue weighted by Gasteiger charge is 2.17. The molecule has 1 aliphatic heterocycles. The van der Waals surface area contributed by atoms with E-state index in [1.165, 1.54) is 7.11 Å². The molecule has 22 heavy (non-hydrogen) atoms. The van der Waals surface area contributed by atoms with Gasteiger partial charge in [-0.1, -0.05) is 0 Å². The Morgan fingerprint density at radius 2 is 2.05 bits per heavy atom. The van der Waals surface area contributed by atoms with Crippen molar-refractivity contribution in [1.29, 1.82) is 0 Å². The van der Waals surface area contributed by atoms with E-state index in [1.54, 1.807) is 17.0 Å². The molecule has 1 aromatic rings. The highest BCUT2D eigenvalue weighted by atomic mass is 16.5. The van der Waals surface area contributed by atoms with Crippen LogP contribution in [0.15, 0.2) is 23.2 Å². The third-order valence-corrected chi connectivity index (χ3v) is 3.44. The normalized spacial score (nSPS) is 15.6. The largest absolute Gasteiger partial charge is 0.465 e. The molecule has 1 aromatic carbocycles. The topological polar surface area (TPSA) is 80.4 Å². The number of aliphatic imine (C=N–C) groups is 1. The summed E-state index contributed by atoms with van der Waals surface area (Å²) in [6.45, 7) is 2.90. The number of esters is 1. The fraction of sp³-hybridized carbons (Fsp3) is 0.467. The molecule has 0 atom stereocenters. The third kappa shape index (κ3) is 3.67. The van der Waals surface area contributed by atoms with Gasteiger partial charge < -0.3 is 25.0 Å². The molecule has 0 unspecified atom stereocenters. The molecule has 1 aliphatic rings. The highest BCUT2D eigenvalue weighted by molar-refractivity contribution is 5.93. The molecule has 0 amide bonds. The number of hydrogen-bond acceptors (Lipinski definition) is 5. The number of nitrogens with zero attached hydrogens (tertiary/aromatic N) is 3. The summed E-state index contributed by atoms with van der Waals surface area (Å²) in [4.78, 5) is 20.1. The fourth-order valence-corrected chi connectivity index (χ4v) is 2.15. The number of nitrogens with two attached hydrogens (primary N) is 1. The Morgan fingerprint density at radius 3 is 2.64 bits per heavy atom. The van der Waals surface area contributed by atoms with Crippen LogP contribution in [0.25, 0.3) is 0 Å². The number of anilines is 1. The zero-order valence-corrected chi connectivity index (χ0v) is 13.2. The van der Waals surface area contributed by atoms with Crippen LogP contribution in [0.3, 0.4) is 0 Å². The molecule has 7 heteroatoms. The predicted molar refractivity (Wildman–Crippen MR) is 85.8 cm³/mol. The summed E-state index contributed by atoms with van der Waals surface area (Å²) < 4.78 is 10.1. The number of carbonyl (C=O) groups is 1. The number of methoxy groups -OCH3 is 1. The SMILES string of the molecule is COC(=O)c1ccc(N2CCOCC2)c(N=C(N)N(C)C)c1. The van der Waals surface area contributed by atoms with E-state index >= 15 is 0 Å². The van der Waals surface area contributed by atoms with Crippen LogP contribution in [0, 0.1) is 0 Å². The lowest BCUT2D eigenvalue weighted by molar-refractivity contribution is 0.0600. The van der Waals surface area contributed by atoms with E-state index in [-0.39, 0.29) is 0 Å². The number of benzene rings is 1. The van der Waals surface area contributed by atoms with Gasteiger partial charge in [-0.05, 0) is 18.2 Å². The van der Waals surface area contributed by atoms with Gasteiger partial charge in [0.2, 0.25) is 0 Å². The second kappa shape index (κ2) is 7.13. The molecule has 0 bridgehead atoms. The van der Waals surface area contributed by atoms with Crippen LogP contribution in [-0.2, 0) is 9.47 Å². The molecule has 7 nitrogen and oxygen atoms in total. The first-order chi connectivity index (χ1) is 10.5. The number of rotatable bonds is 3. The van der Waals surface area contributed by atoms with Crippen LogP contribution in [-0.4, -0.2) is 64.3 Å². The van der Waals surface area contributed by atoms with Crippen LogP contribution in [0.4, 0.5) is 11.4 Å². The van der Waals surface area contributed by atoms with Gasteiger partial charge in [-0.2, -0.15) is 0 Å². The average molecular weight is 306 g/mol. The van der Waals surface area contributed by atoms with E-state index in [0.29, 0.717) is 30.4 Å². The van der Waals surface area contributed by atoms with Gasteiger partial charge in [-0.3, -0.25) is 0 Å². The van der Waals surface area contributed by atoms with Gasteiger partial charge in [-0.15, -0.1) is 0 Å². The molecule has 0 aromatic heterocycles. The molecule has 2 N–H and O–H groups in total. The summed E-state index contributed by atoms with van der Waals surface area (Å²) in [6, 6.07) is 5.31. The van der Waals surface area contributed by atoms with Crippen LogP contribution in [0.1, 0.15) is 10.4 Å². The average Bonchev–Trinajstić information content (AvgIpc) is 2.54. The standard InChI is InChI=1S/C15H22N4O3/c1-18(2)15(16)17-12-10-11(14(20)21-3)4-5-13(12)19-6-8-22-9-7-19/h4-5,10H,6-9H2,1-3H3,(H2,16,17). The molecule has 1 saturated heterocycles. The fourth-order valence-electron chi connectivity index (χ4n) is 2.15. The first-order valence-corrected chi connectivity index (χ1v) is 7.09. The Morgan fingerprint density at radius 1 is 1.36 bits per heavy atom. The van der Waals surface area contributed by atoms with Crippen molar-refractivity contribution in [2.24, 2.45) is 10.7 Å². The van der Waals surface area contributed by atoms with E-state index < -0.39 is 5.97 Å². The van der Waals surface area contributed by atoms with E-state index in [2.05, 4.69) is 9.89 Å². The first-order valence-electron chi connectivity index (χ1n) is 7.09. The van der Waals surface area contributed by atoms with Gasteiger partial charge >= 0.3 is 5.97 Å². The molecular weight excluding hydrogens is 284 g/mol. The summed E-state index contributed by atoms with van der Waals surface area (Å²) in [7, 11) is 4.99. The number of hydrogen-bond donors (Lipinski definition) is 1. The second-order valence-corrected chi connectivity index (χ2v) is 5.16. The maximum atomic E-state index is 11.7. The molecule has 120 valence electrons. The third-order valence-electron chi connectivity index (χ3n) is 3.44. The predicted octanol–water partition coefficient (Wildman–Crippen LogP) is 0.818. The van der Waals surface area contributed by atoms with Crippen molar-refractivity contribution < 1.29 is 14.3 Å². The Bertz CT molecular complexity index is 566. The molecule has 2 rings (SSSR count). The summed E-state index contributed by atoms with van der Waals surface area (Å²) in [6.07, 6.45) is 0. The zero-order chi connectivity index (χ0) is 16.1. The summed E-state index contributed by atoms with van der Waals surface area (Å²) >= 11 is 0. The lowest BCUT2D eigenvalue weighted by atomic mass is 10.1. The number of morpholine rings is 1. The Labute approximate surface area is 130 Å². The second-order valence-electron chi connectivity index (χ2n) is 5.16. The summed E-state index contributed by atoms with van der Waals surface area (Å²) in [5, 5.41) is 0. The lowest BCUT2D eigenvalue weighted by Crippen LogP contribution is -2.36. The minimum atomic E-state index is -0.395. The van der Waals surface area contributed by atoms with Crippen LogP contribution >= 0.6 is 0 Å². The van der Waals surface area contributed by atoms with Crippen molar-refractivity contribution in [3.05, 3.63) is 23.8 Å². The zero-order valence-electron chi connectivity index (χ0n) is 13.2. The first kappa shape index (κ1) is 16.1. The smallest absolute Gasteiger partial charge is 0.337 e. The summed E-state index contributed by atoms with van der Waals surface area (Å²) in [5.74, 6) is -0.0232. The summed E-state index contributed by atoms with van der Waals surface area (Å²) in [5.41, 5.74) is 7.95. The highest BCUT2D eigenvalue weighted by Crippen LogP contribution is 2.31. The maximum absolute atomic E-state index is 11.7. The van der Waals surface area contributed by atoms with Crippen molar-refractivity contribution >= 4 is 23.3 Å². The Kier molecular flexibility index (Phi) is 5.21. The maximum Gasteiger partial charge on any atom is 0.337 e. The lowest BCUT2D eigenvalue weighted by Gasteiger charge is -2.30. The number of ether oxygens (including phenoxy) is 2. The molecule has 0 radical (unpaired) electrons. The minimum Gasteiger partial charge on any atom is -0.465 e. The minimum absolute atomic E-state index is 0.372. The molecular formula is C15H22N4O3. The van der Waals surface area contributed by atoms with Gasteiger partial charge in [-0.25, -0.2) is 9.79 Å². The van der Waals surface area contributed by atoms with Crippen LogP contribution in [0.5, 0.6) is 0 Å². The van der Waals surface area contributed by atoms with Gasteiger partial charge in [0.1, 0.15) is 0 Å². The quantitative estimate of drug-likeness (QED) is 0.506.